The first-order valence-electron chi connectivity index (χ1n) is 5.41. The number of hydrogen-bond acceptors (Lipinski definition) is 2. The molecule has 82 valence electrons. The Bertz CT molecular complexity index is 478. The van der Waals surface area contributed by atoms with Crippen LogP contribution in [-0.4, -0.2) is 6.54 Å². The molecule has 2 nitrogen and oxygen atoms in total. The van der Waals surface area contributed by atoms with Gasteiger partial charge < -0.3 is 9.73 Å². The van der Waals surface area contributed by atoms with Crippen molar-refractivity contribution >= 4 is 0 Å². The van der Waals surface area contributed by atoms with Gasteiger partial charge in [0.05, 0.1) is 6.54 Å². The van der Waals surface area contributed by atoms with Crippen molar-refractivity contribution in [1.82, 2.24) is 5.32 Å². The van der Waals surface area contributed by atoms with Crippen molar-refractivity contribution in [2.75, 3.05) is 6.54 Å². The van der Waals surface area contributed by atoms with E-state index in [1.165, 1.54) is 17.7 Å². The van der Waals surface area contributed by atoms with E-state index in [1.54, 1.807) is 12.1 Å². The number of hydrogen-bond donors (Lipinski definition) is 1. The maximum atomic E-state index is 12.8. The summed E-state index contributed by atoms with van der Waals surface area (Å²) in [5.41, 5.74) is 2.19. The van der Waals surface area contributed by atoms with Gasteiger partial charge in [-0.2, -0.15) is 0 Å². The van der Waals surface area contributed by atoms with E-state index in [1.807, 2.05) is 0 Å². The van der Waals surface area contributed by atoms with Crippen LogP contribution in [-0.2, 0) is 13.0 Å². The molecule has 0 bridgehead atoms. The van der Waals surface area contributed by atoms with E-state index in [4.69, 9.17) is 4.42 Å². The minimum absolute atomic E-state index is 0.221. The van der Waals surface area contributed by atoms with Gasteiger partial charge in [0.15, 0.2) is 0 Å². The molecule has 0 amide bonds. The standard InChI is InChI=1S/C13H12FNO/c14-11-3-1-9(2-4-11)12-7-10-5-6-15-8-13(10)16-12/h1-4,7,15H,5-6,8H2. The SMILES string of the molecule is Fc1ccc(-c2cc3c(o2)CNCC3)cc1. The molecular weight excluding hydrogens is 205 g/mol. The molecule has 0 fully saturated rings. The third-order valence-corrected chi connectivity index (χ3v) is 2.88. The van der Waals surface area contributed by atoms with E-state index < -0.39 is 0 Å². The van der Waals surface area contributed by atoms with Crippen molar-refractivity contribution in [2.24, 2.45) is 0 Å². The average Bonchev–Trinajstić information content (AvgIpc) is 2.73. The Kier molecular flexibility index (Phi) is 2.26. The lowest BCUT2D eigenvalue weighted by atomic mass is 10.1. The van der Waals surface area contributed by atoms with Crippen LogP contribution in [0.2, 0.25) is 0 Å². The minimum Gasteiger partial charge on any atom is -0.459 e. The fraction of sp³-hybridized carbons (Fsp3) is 0.231. The molecule has 2 heterocycles. The highest BCUT2D eigenvalue weighted by Crippen LogP contribution is 2.27. The van der Waals surface area contributed by atoms with Crippen molar-refractivity contribution in [3.8, 4) is 11.3 Å². The monoisotopic (exact) mass is 217 g/mol. The van der Waals surface area contributed by atoms with Crippen LogP contribution in [0.3, 0.4) is 0 Å². The first kappa shape index (κ1) is 9.60. The fourth-order valence-corrected chi connectivity index (χ4v) is 2.01. The first-order valence-corrected chi connectivity index (χ1v) is 5.41. The van der Waals surface area contributed by atoms with Gasteiger partial charge in [0, 0.05) is 5.56 Å². The fourth-order valence-electron chi connectivity index (χ4n) is 2.01. The van der Waals surface area contributed by atoms with E-state index in [-0.39, 0.29) is 5.82 Å². The third kappa shape index (κ3) is 1.63. The van der Waals surface area contributed by atoms with Gasteiger partial charge in [-0.05, 0) is 48.9 Å². The predicted octanol–water partition coefficient (Wildman–Crippen LogP) is 2.73. The summed E-state index contributed by atoms with van der Waals surface area (Å²) in [5, 5.41) is 3.26. The molecule has 0 aliphatic carbocycles. The second kappa shape index (κ2) is 3.76. The van der Waals surface area contributed by atoms with Gasteiger partial charge in [0.2, 0.25) is 0 Å². The Balaban J connectivity index is 2.00. The molecule has 16 heavy (non-hydrogen) atoms. The van der Waals surface area contributed by atoms with Crippen LogP contribution in [0.5, 0.6) is 0 Å². The largest absolute Gasteiger partial charge is 0.459 e. The summed E-state index contributed by atoms with van der Waals surface area (Å²) in [6, 6.07) is 8.45. The van der Waals surface area contributed by atoms with Gasteiger partial charge in [-0.15, -0.1) is 0 Å². The molecule has 3 heteroatoms. The topological polar surface area (TPSA) is 25.2 Å². The summed E-state index contributed by atoms with van der Waals surface area (Å²) in [5.74, 6) is 1.61. The highest BCUT2D eigenvalue weighted by atomic mass is 19.1. The summed E-state index contributed by atoms with van der Waals surface area (Å²) in [6.45, 7) is 1.78. The molecule has 1 aromatic heterocycles. The zero-order valence-electron chi connectivity index (χ0n) is 8.79. The van der Waals surface area contributed by atoms with E-state index >= 15 is 0 Å². The summed E-state index contributed by atoms with van der Waals surface area (Å²) in [4.78, 5) is 0. The average molecular weight is 217 g/mol. The van der Waals surface area contributed by atoms with Crippen LogP contribution in [0.25, 0.3) is 11.3 Å². The van der Waals surface area contributed by atoms with E-state index in [0.717, 1.165) is 36.6 Å². The molecule has 1 aliphatic rings. The maximum Gasteiger partial charge on any atom is 0.134 e. The smallest absolute Gasteiger partial charge is 0.134 e. The summed E-state index contributed by atoms with van der Waals surface area (Å²) in [7, 11) is 0. The molecular formula is C13H12FNO. The van der Waals surface area contributed by atoms with Gasteiger partial charge in [0.1, 0.15) is 17.3 Å². The number of fused-ring (bicyclic) bond motifs is 1. The van der Waals surface area contributed by atoms with Crippen LogP contribution in [0, 0.1) is 5.82 Å². The van der Waals surface area contributed by atoms with Crippen LogP contribution in [0.15, 0.2) is 34.7 Å². The molecule has 0 radical (unpaired) electrons. The Morgan fingerprint density at radius 3 is 2.75 bits per heavy atom. The van der Waals surface area contributed by atoms with E-state index in [9.17, 15) is 4.39 Å². The number of nitrogens with one attached hydrogen (secondary N) is 1. The van der Waals surface area contributed by atoms with Crippen LogP contribution >= 0.6 is 0 Å². The molecule has 0 atom stereocenters. The minimum atomic E-state index is -0.221. The molecule has 2 aromatic rings. The van der Waals surface area contributed by atoms with Gasteiger partial charge in [-0.25, -0.2) is 4.39 Å². The number of rotatable bonds is 1. The lowest BCUT2D eigenvalue weighted by Crippen LogP contribution is -2.22. The molecule has 1 aromatic carbocycles. The summed E-state index contributed by atoms with van der Waals surface area (Å²) in [6.07, 6.45) is 1.00. The zero-order valence-corrected chi connectivity index (χ0v) is 8.79. The highest BCUT2D eigenvalue weighted by Gasteiger charge is 2.15. The van der Waals surface area contributed by atoms with Crippen molar-refractivity contribution in [1.29, 1.82) is 0 Å². The molecule has 0 saturated carbocycles. The maximum absolute atomic E-state index is 12.8. The molecule has 1 aliphatic heterocycles. The summed E-state index contributed by atoms with van der Waals surface area (Å²) >= 11 is 0. The molecule has 0 spiro atoms. The number of halogens is 1. The van der Waals surface area contributed by atoms with E-state index in [2.05, 4.69) is 11.4 Å². The Morgan fingerprint density at radius 1 is 1.19 bits per heavy atom. The first-order chi connectivity index (χ1) is 7.83. The quantitative estimate of drug-likeness (QED) is 0.794. The Hall–Kier alpha value is -1.61. The van der Waals surface area contributed by atoms with Gasteiger partial charge in [0.25, 0.3) is 0 Å². The van der Waals surface area contributed by atoms with Gasteiger partial charge in [-0.1, -0.05) is 0 Å². The molecule has 0 saturated heterocycles. The molecule has 0 unspecified atom stereocenters. The molecule has 1 N–H and O–H groups in total. The second-order valence-electron chi connectivity index (χ2n) is 3.99. The predicted molar refractivity (Wildman–Crippen MR) is 59.5 cm³/mol. The highest BCUT2D eigenvalue weighted by molar-refractivity contribution is 5.59. The number of benzene rings is 1. The van der Waals surface area contributed by atoms with Crippen molar-refractivity contribution < 1.29 is 8.81 Å². The summed E-state index contributed by atoms with van der Waals surface area (Å²) < 4.78 is 18.5. The third-order valence-electron chi connectivity index (χ3n) is 2.88. The van der Waals surface area contributed by atoms with Crippen molar-refractivity contribution in [2.45, 2.75) is 13.0 Å². The van der Waals surface area contributed by atoms with Gasteiger partial charge in [-0.3, -0.25) is 0 Å². The lowest BCUT2D eigenvalue weighted by Gasteiger charge is -2.09. The normalized spacial score (nSPS) is 14.8. The van der Waals surface area contributed by atoms with Crippen LogP contribution in [0.4, 0.5) is 4.39 Å². The lowest BCUT2D eigenvalue weighted by molar-refractivity contribution is 0.472. The van der Waals surface area contributed by atoms with Crippen molar-refractivity contribution in [3.63, 3.8) is 0 Å². The Labute approximate surface area is 93.1 Å². The second-order valence-corrected chi connectivity index (χ2v) is 3.99. The Morgan fingerprint density at radius 2 is 2.00 bits per heavy atom. The van der Waals surface area contributed by atoms with Gasteiger partial charge >= 0.3 is 0 Å². The van der Waals surface area contributed by atoms with E-state index in [0.29, 0.717) is 0 Å². The molecule has 3 rings (SSSR count). The number of furan rings is 1. The van der Waals surface area contributed by atoms with Crippen LogP contribution in [0.1, 0.15) is 11.3 Å². The van der Waals surface area contributed by atoms with Crippen molar-refractivity contribution in [3.05, 3.63) is 47.5 Å². The van der Waals surface area contributed by atoms with Crippen LogP contribution < -0.4 is 5.32 Å². The zero-order chi connectivity index (χ0) is 11.0.